The van der Waals surface area contributed by atoms with Gasteiger partial charge >= 0.3 is 12.4 Å². The Balaban J connectivity index is 1.76. The van der Waals surface area contributed by atoms with E-state index < -0.39 is 38.8 Å². The van der Waals surface area contributed by atoms with Gasteiger partial charge < -0.3 is 9.84 Å². The highest BCUT2D eigenvalue weighted by molar-refractivity contribution is 7.93. The minimum atomic E-state index is -6.06. The van der Waals surface area contributed by atoms with E-state index in [0.29, 0.717) is 23.5 Å². The molecule has 208 valence electrons. The van der Waals surface area contributed by atoms with Crippen molar-refractivity contribution in [2.24, 2.45) is 0 Å². The Morgan fingerprint density at radius 2 is 1.64 bits per heavy atom. The molecule has 4 rings (SSSR count). The number of nitrogens with one attached hydrogen (secondary N) is 1. The largest absolute Gasteiger partial charge is 0.497 e. The Morgan fingerprint density at radius 3 is 2.15 bits per heavy atom. The van der Waals surface area contributed by atoms with Gasteiger partial charge in [-0.2, -0.15) is 31.4 Å². The molecule has 3 aromatic rings. The van der Waals surface area contributed by atoms with Crippen LogP contribution in [0.1, 0.15) is 12.0 Å². The van der Waals surface area contributed by atoms with Crippen LogP contribution in [0.4, 0.5) is 32.2 Å². The predicted octanol–water partition coefficient (Wildman–Crippen LogP) is 4.85. The zero-order chi connectivity index (χ0) is 28.6. The second kappa shape index (κ2) is 10.0. The Hall–Kier alpha value is -3.85. The van der Waals surface area contributed by atoms with E-state index in [1.807, 2.05) is 0 Å². The molecule has 39 heavy (non-hydrogen) atoms. The third kappa shape index (κ3) is 5.36. The fourth-order valence-corrected chi connectivity index (χ4v) is 5.05. The van der Waals surface area contributed by atoms with Crippen LogP contribution in [0, 0.1) is 0 Å². The summed E-state index contributed by atoms with van der Waals surface area (Å²) in [5.41, 5.74) is -5.92. The average molecular weight is 575 g/mol. The predicted molar refractivity (Wildman–Crippen MR) is 128 cm³/mol. The monoisotopic (exact) mass is 574 g/mol. The molecular formula is C24H20F6N4O4S. The summed E-state index contributed by atoms with van der Waals surface area (Å²) in [6.45, 7) is 0. The number of allylic oxidation sites excluding steroid dienone is 2. The second-order valence-corrected chi connectivity index (χ2v) is 10.3. The molecular weight excluding hydrogens is 554 g/mol. The number of rotatable bonds is 7. The molecule has 1 atom stereocenters. The van der Waals surface area contributed by atoms with Crippen LogP contribution in [0.15, 0.2) is 78.8 Å². The molecule has 0 spiro atoms. The van der Waals surface area contributed by atoms with Crippen molar-refractivity contribution in [3.63, 3.8) is 0 Å². The maximum atomic E-state index is 13.3. The number of ether oxygens (including phenoxy) is 1. The first-order valence-electron chi connectivity index (χ1n) is 11.1. The maximum absolute atomic E-state index is 13.3. The van der Waals surface area contributed by atoms with Crippen molar-refractivity contribution < 1.29 is 44.6 Å². The molecule has 1 aromatic carbocycles. The molecule has 8 nitrogen and oxygen atoms in total. The minimum Gasteiger partial charge on any atom is -0.497 e. The van der Waals surface area contributed by atoms with Crippen LogP contribution < -0.4 is 4.72 Å². The van der Waals surface area contributed by atoms with E-state index in [2.05, 4.69) is 14.8 Å². The number of halogens is 6. The molecule has 2 heterocycles. The maximum Gasteiger partial charge on any atom is 0.430 e. The van der Waals surface area contributed by atoms with Crippen molar-refractivity contribution in [1.29, 1.82) is 0 Å². The van der Waals surface area contributed by atoms with E-state index >= 15 is 0 Å². The molecule has 0 saturated carbocycles. The zero-order valence-corrected chi connectivity index (χ0v) is 20.7. The number of benzene rings is 1. The number of methoxy groups -OCH3 is 1. The fraction of sp³-hybridized carbons (Fsp3) is 0.250. The number of pyridine rings is 1. The summed E-state index contributed by atoms with van der Waals surface area (Å²) in [5, 5.41) is 13.0. The van der Waals surface area contributed by atoms with Crippen LogP contribution in [0.3, 0.4) is 0 Å². The lowest BCUT2D eigenvalue weighted by atomic mass is 9.92. The van der Waals surface area contributed by atoms with Gasteiger partial charge in [0.1, 0.15) is 16.8 Å². The van der Waals surface area contributed by atoms with Gasteiger partial charge in [0.25, 0.3) is 5.60 Å². The third-order valence-corrected chi connectivity index (χ3v) is 7.58. The van der Waals surface area contributed by atoms with Crippen molar-refractivity contribution in [3.8, 4) is 16.9 Å². The summed E-state index contributed by atoms with van der Waals surface area (Å²) < 4.78 is 114. The molecule has 1 aliphatic carbocycles. The highest BCUT2D eigenvalue weighted by Crippen LogP contribution is 2.50. The van der Waals surface area contributed by atoms with Crippen molar-refractivity contribution >= 4 is 15.8 Å². The van der Waals surface area contributed by atoms with E-state index in [1.165, 1.54) is 37.7 Å². The fourth-order valence-electron chi connectivity index (χ4n) is 3.83. The van der Waals surface area contributed by atoms with Gasteiger partial charge in [-0.25, -0.2) is 13.1 Å². The summed E-state index contributed by atoms with van der Waals surface area (Å²) in [6.07, 6.45) is -4.66. The van der Waals surface area contributed by atoms with Crippen molar-refractivity contribution in [2.75, 3.05) is 11.8 Å². The lowest BCUT2D eigenvalue weighted by molar-refractivity contribution is -0.376. The number of sulfonamides is 1. The number of hydrogen-bond donors (Lipinski definition) is 2. The first kappa shape index (κ1) is 28.2. The summed E-state index contributed by atoms with van der Waals surface area (Å²) in [7, 11) is -2.66. The van der Waals surface area contributed by atoms with Crippen LogP contribution in [0.2, 0.25) is 0 Å². The van der Waals surface area contributed by atoms with Crippen LogP contribution >= 0.6 is 0 Å². The standard InChI is InChI=1S/C24H20F6N4O4S/c1-38-18-6-8-19(9-7-18)39(36,37)33-21-14-20(15-10-12-31-13-11-15)32-34(21)17-4-2-16(3-5-17)22(35,23(25,26)27)24(28,29)30/h2-8,10-14,19,33,35H,9H2,1H3. The molecule has 1 unspecified atom stereocenters. The highest BCUT2D eigenvalue weighted by Gasteiger charge is 2.71. The molecule has 0 fully saturated rings. The van der Waals surface area contributed by atoms with Crippen LogP contribution in [-0.4, -0.2) is 53.0 Å². The molecule has 0 saturated heterocycles. The number of hydrogen-bond acceptors (Lipinski definition) is 6. The first-order chi connectivity index (χ1) is 18.2. The zero-order valence-electron chi connectivity index (χ0n) is 19.9. The molecule has 2 aromatic heterocycles. The Kier molecular flexibility index (Phi) is 7.25. The summed E-state index contributed by atoms with van der Waals surface area (Å²) in [6, 6.07) is 7.10. The number of alkyl halides is 6. The number of anilines is 1. The van der Waals surface area contributed by atoms with Gasteiger partial charge in [-0.3, -0.25) is 9.71 Å². The van der Waals surface area contributed by atoms with E-state index in [-0.39, 0.29) is 23.6 Å². The average Bonchev–Trinajstić information content (AvgIpc) is 3.30. The number of aliphatic hydroxyl groups is 1. The van der Waals surface area contributed by atoms with Crippen molar-refractivity contribution in [2.45, 2.75) is 29.6 Å². The topological polar surface area (TPSA) is 106 Å². The van der Waals surface area contributed by atoms with Gasteiger partial charge in [0.15, 0.2) is 0 Å². The summed E-state index contributed by atoms with van der Waals surface area (Å²) in [5.74, 6) is 0.343. The van der Waals surface area contributed by atoms with Gasteiger partial charge in [0.05, 0.1) is 18.5 Å². The molecule has 0 aliphatic heterocycles. The Bertz CT molecular complexity index is 1480. The van der Waals surface area contributed by atoms with Crippen molar-refractivity contribution in [3.05, 3.63) is 84.4 Å². The lowest BCUT2D eigenvalue weighted by Gasteiger charge is -2.32. The SMILES string of the molecule is COC1=CCC(S(=O)(=O)Nc2cc(-c3ccncc3)nn2-c2ccc(C(O)(C(F)(F)F)C(F)(F)F)cc2)C=C1. The van der Waals surface area contributed by atoms with Crippen LogP contribution in [0.5, 0.6) is 0 Å². The van der Waals surface area contributed by atoms with Crippen LogP contribution in [0.25, 0.3) is 16.9 Å². The molecule has 15 heteroatoms. The smallest absolute Gasteiger partial charge is 0.430 e. The highest BCUT2D eigenvalue weighted by atomic mass is 32.2. The molecule has 2 N–H and O–H groups in total. The second-order valence-electron chi connectivity index (χ2n) is 8.41. The molecule has 0 radical (unpaired) electrons. The van der Waals surface area contributed by atoms with Gasteiger partial charge in [-0.05, 0) is 42.8 Å². The van der Waals surface area contributed by atoms with E-state index in [1.54, 1.807) is 18.2 Å². The Labute approximate surface area is 218 Å². The van der Waals surface area contributed by atoms with Crippen molar-refractivity contribution in [1.82, 2.24) is 14.8 Å². The number of aromatic nitrogens is 3. The van der Waals surface area contributed by atoms with Crippen LogP contribution in [-0.2, 0) is 20.4 Å². The molecule has 0 bridgehead atoms. The normalized spacial score (nSPS) is 16.6. The van der Waals surface area contributed by atoms with Gasteiger partial charge in [0, 0.05) is 29.6 Å². The molecule has 1 aliphatic rings. The van der Waals surface area contributed by atoms with E-state index in [0.717, 1.165) is 16.8 Å². The minimum absolute atomic E-state index is 0.0794. The number of nitrogens with zero attached hydrogens (tertiary/aromatic N) is 3. The van der Waals surface area contributed by atoms with E-state index in [4.69, 9.17) is 4.74 Å². The first-order valence-corrected chi connectivity index (χ1v) is 12.6. The Morgan fingerprint density at radius 1 is 1.03 bits per heavy atom. The van der Waals surface area contributed by atoms with Gasteiger partial charge in [-0.1, -0.05) is 18.2 Å². The van der Waals surface area contributed by atoms with E-state index in [9.17, 15) is 39.9 Å². The quantitative estimate of drug-likeness (QED) is 0.391. The summed E-state index contributed by atoms with van der Waals surface area (Å²) >= 11 is 0. The van der Waals surface area contributed by atoms with Gasteiger partial charge in [-0.15, -0.1) is 0 Å². The van der Waals surface area contributed by atoms with Gasteiger partial charge in [0.2, 0.25) is 10.0 Å². The summed E-state index contributed by atoms with van der Waals surface area (Å²) in [4.78, 5) is 3.89. The third-order valence-electron chi connectivity index (χ3n) is 5.94. The lowest BCUT2D eigenvalue weighted by Crippen LogP contribution is -2.53. The molecule has 0 amide bonds.